The Hall–Kier alpha value is -1.45. The summed E-state index contributed by atoms with van der Waals surface area (Å²) in [6, 6.07) is 7.99. The fourth-order valence-corrected chi connectivity index (χ4v) is 2.80. The van der Waals surface area contributed by atoms with Crippen LogP contribution in [0.2, 0.25) is 0 Å². The Morgan fingerprint density at radius 3 is 3.11 bits per heavy atom. The minimum Gasteiger partial charge on any atom is -0.388 e. The molecular weight excluding hydrogens is 238 g/mol. The van der Waals surface area contributed by atoms with Gasteiger partial charge in [0.05, 0.1) is 12.2 Å². The molecule has 1 aliphatic heterocycles. The van der Waals surface area contributed by atoms with Crippen LogP contribution < -0.4 is 0 Å². The molecule has 3 heteroatoms. The minimum absolute atomic E-state index is 0.190. The first-order chi connectivity index (χ1) is 9.34. The van der Waals surface area contributed by atoms with Crippen LogP contribution in [0.15, 0.2) is 36.7 Å². The zero-order chi connectivity index (χ0) is 13.1. The maximum Gasteiger partial charge on any atom is 0.0821 e. The summed E-state index contributed by atoms with van der Waals surface area (Å²) in [5, 5.41) is 12.6. The van der Waals surface area contributed by atoms with Gasteiger partial charge in [-0.1, -0.05) is 18.2 Å². The maximum absolute atomic E-state index is 10.5. The number of fused-ring (bicyclic) bond motifs is 1. The molecule has 0 amide bonds. The summed E-state index contributed by atoms with van der Waals surface area (Å²) in [6.45, 7) is 0.828. The molecule has 1 aromatic heterocycles. The standard InChI is InChI=1S/C16H19NO2/c18-16(10-13-5-1-2-9-19-13)14-6-3-4-12-7-8-17-11-15(12)14/h3-4,6-8,11,13,16,18H,1-2,5,9-10H2. The summed E-state index contributed by atoms with van der Waals surface area (Å²) >= 11 is 0. The van der Waals surface area contributed by atoms with E-state index < -0.39 is 6.10 Å². The number of ether oxygens (including phenoxy) is 1. The monoisotopic (exact) mass is 257 g/mol. The van der Waals surface area contributed by atoms with E-state index in [-0.39, 0.29) is 6.10 Å². The SMILES string of the molecule is OC(CC1CCCCO1)c1cccc2ccncc12. The summed E-state index contributed by atoms with van der Waals surface area (Å²) < 4.78 is 5.71. The number of nitrogens with zero attached hydrogens (tertiary/aromatic N) is 1. The van der Waals surface area contributed by atoms with E-state index in [0.717, 1.165) is 35.8 Å². The highest BCUT2D eigenvalue weighted by molar-refractivity contribution is 5.85. The van der Waals surface area contributed by atoms with Gasteiger partial charge in [0.25, 0.3) is 0 Å². The van der Waals surface area contributed by atoms with Gasteiger partial charge in [0, 0.05) is 30.8 Å². The lowest BCUT2D eigenvalue weighted by atomic mass is 9.96. The molecule has 0 radical (unpaired) electrons. The molecule has 0 spiro atoms. The molecule has 2 atom stereocenters. The van der Waals surface area contributed by atoms with Crippen molar-refractivity contribution in [2.24, 2.45) is 0 Å². The first-order valence-corrected chi connectivity index (χ1v) is 6.97. The van der Waals surface area contributed by atoms with Gasteiger partial charge in [-0.2, -0.15) is 0 Å². The molecule has 1 N–H and O–H groups in total. The maximum atomic E-state index is 10.5. The first-order valence-electron chi connectivity index (χ1n) is 6.97. The fourth-order valence-electron chi connectivity index (χ4n) is 2.80. The predicted molar refractivity (Wildman–Crippen MR) is 74.9 cm³/mol. The van der Waals surface area contributed by atoms with Crippen LogP contribution >= 0.6 is 0 Å². The predicted octanol–water partition coefficient (Wildman–Crippen LogP) is 3.23. The van der Waals surface area contributed by atoms with Crippen molar-refractivity contribution in [2.75, 3.05) is 6.61 Å². The van der Waals surface area contributed by atoms with E-state index in [9.17, 15) is 5.11 Å². The Bertz CT molecular complexity index is 544. The highest BCUT2D eigenvalue weighted by Crippen LogP contribution is 2.29. The lowest BCUT2D eigenvalue weighted by Crippen LogP contribution is -2.21. The molecule has 19 heavy (non-hydrogen) atoms. The Kier molecular flexibility index (Phi) is 3.76. The molecule has 0 bridgehead atoms. The molecule has 2 unspecified atom stereocenters. The lowest BCUT2D eigenvalue weighted by molar-refractivity contribution is -0.0152. The van der Waals surface area contributed by atoms with Gasteiger partial charge in [0.1, 0.15) is 0 Å². The van der Waals surface area contributed by atoms with Crippen molar-refractivity contribution in [3.8, 4) is 0 Å². The Morgan fingerprint density at radius 2 is 2.26 bits per heavy atom. The van der Waals surface area contributed by atoms with E-state index in [1.54, 1.807) is 6.20 Å². The second-order valence-electron chi connectivity index (χ2n) is 5.18. The number of rotatable bonds is 3. The van der Waals surface area contributed by atoms with Crippen LogP contribution in [0, 0.1) is 0 Å². The second kappa shape index (κ2) is 5.68. The van der Waals surface area contributed by atoms with E-state index >= 15 is 0 Å². The van der Waals surface area contributed by atoms with Crippen molar-refractivity contribution >= 4 is 10.8 Å². The van der Waals surface area contributed by atoms with Gasteiger partial charge >= 0.3 is 0 Å². The normalized spacial score (nSPS) is 21.4. The fraction of sp³-hybridized carbons (Fsp3) is 0.438. The van der Waals surface area contributed by atoms with Crippen molar-refractivity contribution in [2.45, 2.75) is 37.9 Å². The van der Waals surface area contributed by atoms with E-state index in [2.05, 4.69) is 4.98 Å². The van der Waals surface area contributed by atoms with E-state index in [1.807, 2.05) is 30.5 Å². The van der Waals surface area contributed by atoms with E-state index in [4.69, 9.17) is 4.74 Å². The van der Waals surface area contributed by atoms with Gasteiger partial charge in [-0.15, -0.1) is 0 Å². The number of hydrogen-bond acceptors (Lipinski definition) is 3. The number of aliphatic hydroxyl groups is 1. The minimum atomic E-state index is -0.476. The number of pyridine rings is 1. The zero-order valence-electron chi connectivity index (χ0n) is 11.0. The summed E-state index contributed by atoms with van der Waals surface area (Å²) in [6.07, 6.45) is 7.40. The van der Waals surface area contributed by atoms with Gasteiger partial charge in [0.15, 0.2) is 0 Å². The van der Waals surface area contributed by atoms with Crippen LogP contribution in [-0.2, 0) is 4.74 Å². The molecule has 1 aromatic carbocycles. The first kappa shape index (κ1) is 12.6. The summed E-state index contributed by atoms with van der Waals surface area (Å²) in [4.78, 5) is 4.16. The molecule has 100 valence electrons. The highest BCUT2D eigenvalue weighted by atomic mass is 16.5. The number of aromatic nitrogens is 1. The molecule has 1 aliphatic rings. The van der Waals surface area contributed by atoms with Crippen LogP contribution in [0.25, 0.3) is 10.8 Å². The van der Waals surface area contributed by atoms with Crippen molar-refractivity contribution in [3.05, 3.63) is 42.2 Å². The van der Waals surface area contributed by atoms with Crippen molar-refractivity contribution in [1.82, 2.24) is 4.98 Å². The van der Waals surface area contributed by atoms with Gasteiger partial charge in [-0.3, -0.25) is 4.98 Å². The molecule has 1 saturated heterocycles. The third-order valence-electron chi connectivity index (χ3n) is 3.84. The van der Waals surface area contributed by atoms with Crippen molar-refractivity contribution in [3.63, 3.8) is 0 Å². The Morgan fingerprint density at radius 1 is 1.32 bits per heavy atom. The topological polar surface area (TPSA) is 42.4 Å². The summed E-state index contributed by atoms with van der Waals surface area (Å²) in [5.41, 5.74) is 0.958. The molecule has 3 nitrogen and oxygen atoms in total. The molecule has 0 saturated carbocycles. The van der Waals surface area contributed by atoms with Gasteiger partial charge < -0.3 is 9.84 Å². The summed E-state index contributed by atoms with van der Waals surface area (Å²) in [5.74, 6) is 0. The van der Waals surface area contributed by atoms with Gasteiger partial charge in [-0.05, 0) is 36.3 Å². The second-order valence-corrected chi connectivity index (χ2v) is 5.18. The molecule has 1 fully saturated rings. The van der Waals surface area contributed by atoms with Gasteiger partial charge in [-0.25, -0.2) is 0 Å². The number of aliphatic hydroxyl groups excluding tert-OH is 1. The van der Waals surface area contributed by atoms with Crippen LogP contribution in [-0.4, -0.2) is 22.8 Å². The third kappa shape index (κ3) is 2.77. The molecule has 3 rings (SSSR count). The van der Waals surface area contributed by atoms with Gasteiger partial charge in [0.2, 0.25) is 0 Å². The zero-order valence-corrected chi connectivity index (χ0v) is 11.0. The summed E-state index contributed by atoms with van der Waals surface area (Å²) in [7, 11) is 0. The Balaban J connectivity index is 1.82. The van der Waals surface area contributed by atoms with Crippen molar-refractivity contribution < 1.29 is 9.84 Å². The quantitative estimate of drug-likeness (QED) is 0.918. The molecule has 2 aromatic rings. The third-order valence-corrected chi connectivity index (χ3v) is 3.84. The smallest absolute Gasteiger partial charge is 0.0821 e. The lowest BCUT2D eigenvalue weighted by Gasteiger charge is -2.25. The van der Waals surface area contributed by atoms with E-state index in [0.29, 0.717) is 6.42 Å². The largest absolute Gasteiger partial charge is 0.388 e. The van der Waals surface area contributed by atoms with Crippen LogP contribution in [0.4, 0.5) is 0 Å². The highest BCUT2D eigenvalue weighted by Gasteiger charge is 2.20. The Labute approximate surface area is 113 Å². The molecular formula is C16H19NO2. The average molecular weight is 257 g/mol. The average Bonchev–Trinajstić information content (AvgIpc) is 2.47. The number of benzene rings is 1. The van der Waals surface area contributed by atoms with Crippen LogP contribution in [0.1, 0.15) is 37.4 Å². The molecule has 0 aliphatic carbocycles. The van der Waals surface area contributed by atoms with Crippen molar-refractivity contribution in [1.29, 1.82) is 0 Å². The number of hydrogen-bond donors (Lipinski definition) is 1. The van der Waals surface area contributed by atoms with Crippen LogP contribution in [0.5, 0.6) is 0 Å². The molecule has 2 heterocycles. The van der Waals surface area contributed by atoms with Crippen LogP contribution in [0.3, 0.4) is 0 Å². The van der Waals surface area contributed by atoms with E-state index in [1.165, 1.54) is 6.42 Å².